The van der Waals surface area contributed by atoms with Crippen molar-refractivity contribution < 1.29 is 9.53 Å². The molecule has 1 fully saturated rings. The van der Waals surface area contributed by atoms with E-state index in [0.29, 0.717) is 25.2 Å². The first-order chi connectivity index (χ1) is 13.2. The Hall–Kier alpha value is -3.00. The van der Waals surface area contributed by atoms with Gasteiger partial charge in [-0.1, -0.05) is 6.07 Å². The lowest BCUT2D eigenvalue weighted by Crippen LogP contribution is -2.45. The van der Waals surface area contributed by atoms with Gasteiger partial charge in [0.25, 0.3) is 5.56 Å². The number of likely N-dealkylation sites (tertiary alicyclic amines) is 1. The van der Waals surface area contributed by atoms with Crippen LogP contribution in [-0.2, 0) is 22.7 Å². The maximum absolute atomic E-state index is 12.7. The number of piperidine rings is 1. The fourth-order valence-electron chi connectivity index (χ4n) is 3.31. The molecule has 1 aliphatic heterocycles. The lowest BCUT2D eigenvalue weighted by Gasteiger charge is -2.32. The zero-order valence-electron chi connectivity index (χ0n) is 14.9. The summed E-state index contributed by atoms with van der Waals surface area (Å²) in [6.07, 6.45) is 6.79. The minimum Gasteiger partial charge on any atom is -0.370 e. The molecule has 1 amide bonds. The molecule has 0 N–H and O–H groups in total. The highest BCUT2D eigenvalue weighted by Gasteiger charge is 2.25. The van der Waals surface area contributed by atoms with Gasteiger partial charge in [0.05, 0.1) is 18.4 Å². The Morgan fingerprint density at radius 2 is 2.19 bits per heavy atom. The van der Waals surface area contributed by atoms with E-state index in [2.05, 4.69) is 10.1 Å². The molecule has 3 aromatic rings. The van der Waals surface area contributed by atoms with Gasteiger partial charge in [-0.3, -0.25) is 14.6 Å². The van der Waals surface area contributed by atoms with E-state index >= 15 is 0 Å². The number of amides is 1. The molecule has 1 atom stereocenters. The van der Waals surface area contributed by atoms with Crippen LogP contribution in [0.15, 0.2) is 53.8 Å². The molecule has 140 valence electrons. The topological polar surface area (TPSA) is 81.7 Å². The normalized spacial score (nSPS) is 17.3. The van der Waals surface area contributed by atoms with E-state index in [1.54, 1.807) is 40.2 Å². The van der Waals surface area contributed by atoms with Gasteiger partial charge in [-0.2, -0.15) is 5.10 Å². The van der Waals surface area contributed by atoms with Crippen LogP contribution in [-0.4, -0.2) is 49.2 Å². The molecule has 0 aromatic carbocycles. The second-order valence-electron chi connectivity index (χ2n) is 6.63. The SMILES string of the molecule is O=C(Cn1ncn2cccc2c1=O)N1CCCC(OCc2ccccn2)C1. The molecule has 3 aromatic heterocycles. The summed E-state index contributed by atoms with van der Waals surface area (Å²) in [7, 11) is 0. The second-order valence-corrected chi connectivity index (χ2v) is 6.63. The highest BCUT2D eigenvalue weighted by atomic mass is 16.5. The Bertz CT molecular complexity index is 982. The second kappa shape index (κ2) is 7.71. The zero-order chi connectivity index (χ0) is 18.6. The summed E-state index contributed by atoms with van der Waals surface area (Å²) in [4.78, 5) is 31.1. The molecule has 0 bridgehead atoms. The van der Waals surface area contributed by atoms with Gasteiger partial charge in [0.2, 0.25) is 5.91 Å². The van der Waals surface area contributed by atoms with E-state index in [0.717, 1.165) is 18.5 Å². The van der Waals surface area contributed by atoms with Gasteiger partial charge >= 0.3 is 0 Å². The molecule has 0 aliphatic carbocycles. The van der Waals surface area contributed by atoms with Crippen molar-refractivity contribution in [1.82, 2.24) is 24.1 Å². The van der Waals surface area contributed by atoms with Crippen LogP contribution in [0.3, 0.4) is 0 Å². The fraction of sp³-hybridized carbons (Fsp3) is 0.368. The van der Waals surface area contributed by atoms with Crippen LogP contribution in [0.2, 0.25) is 0 Å². The molecule has 1 saturated heterocycles. The number of carbonyl (C=O) groups is 1. The third-order valence-corrected chi connectivity index (χ3v) is 4.76. The summed E-state index contributed by atoms with van der Waals surface area (Å²) in [5.74, 6) is -0.119. The first kappa shape index (κ1) is 17.4. The standard InChI is InChI=1S/C19H21N5O3/c25-18(12-24-19(26)17-7-4-10-23(17)14-21-24)22-9-3-6-16(11-22)27-13-15-5-1-2-8-20-15/h1-2,4-5,7-8,10,14,16H,3,6,9,11-13H2. The van der Waals surface area contributed by atoms with Crippen LogP contribution >= 0.6 is 0 Å². The molecule has 4 heterocycles. The van der Waals surface area contributed by atoms with E-state index in [4.69, 9.17) is 4.74 Å². The Kier molecular flexibility index (Phi) is 4.97. The third-order valence-electron chi connectivity index (χ3n) is 4.76. The first-order valence-corrected chi connectivity index (χ1v) is 9.03. The van der Waals surface area contributed by atoms with Crippen molar-refractivity contribution in [2.45, 2.75) is 32.1 Å². The van der Waals surface area contributed by atoms with E-state index in [1.165, 1.54) is 4.68 Å². The molecular formula is C19H21N5O3. The number of ether oxygens (including phenoxy) is 1. The molecule has 8 nitrogen and oxygen atoms in total. The van der Waals surface area contributed by atoms with Gasteiger partial charge in [-0.15, -0.1) is 0 Å². The maximum atomic E-state index is 12.7. The summed E-state index contributed by atoms with van der Waals surface area (Å²) >= 11 is 0. The summed E-state index contributed by atoms with van der Waals surface area (Å²) in [6.45, 7) is 1.56. The largest absolute Gasteiger partial charge is 0.370 e. The van der Waals surface area contributed by atoms with Gasteiger partial charge < -0.3 is 14.0 Å². The van der Waals surface area contributed by atoms with Crippen molar-refractivity contribution in [1.29, 1.82) is 0 Å². The van der Waals surface area contributed by atoms with E-state index < -0.39 is 0 Å². The van der Waals surface area contributed by atoms with Crippen LogP contribution < -0.4 is 5.56 Å². The molecule has 0 saturated carbocycles. The Morgan fingerprint density at radius 1 is 1.26 bits per heavy atom. The van der Waals surface area contributed by atoms with Crippen molar-refractivity contribution in [3.63, 3.8) is 0 Å². The van der Waals surface area contributed by atoms with E-state index in [9.17, 15) is 9.59 Å². The first-order valence-electron chi connectivity index (χ1n) is 9.03. The number of nitrogens with zero attached hydrogens (tertiary/aromatic N) is 5. The van der Waals surface area contributed by atoms with Gasteiger partial charge in [-0.05, 0) is 37.1 Å². The van der Waals surface area contributed by atoms with Gasteiger partial charge in [0, 0.05) is 25.5 Å². The molecule has 4 rings (SSSR count). The van der Waals surface area contributed by atoms with Crippen LogP contribution in [0, 0.1) is 0 Å². The minimum atomic E-state index is -0.268. The van der Waals surface area contributed by atoms with E-state index in [-0.39, 0.29) is 24.1 Å². The number of pyridine rings is 1. The molecular weight excluding hydrogens is 346 g/mol. The van der Waals surface area contributed by atoms with Crippen LogP contribution in [0.25, 0.3) is 5.52 Å². The summed E-state index contributed by atoms with van der Waals surface area (Å²) in [5, 5.41) is 4.09. The van der Waals surface area contributed by atoms with Crippen LogP contribution in [0.1, 0.15) is 18.5 Å². The van der Waals surface area contributed by atoms with Crippen molar-refractivity contribution in [3.05, 3.63) is 65.1 Å². The lowest BCUT2D eigenvalue weighted by molar-refractivity contribution is -0.136. The average Bonchev–Trinajstić information content (AvgIpc) is 3.19. The molecule has 1 unspecified atom stereocenters. The lowest BCUT2D eigenvalue weighted by atomic mass is 10.1. The smallest absolute Gasteiger partial charge is 0.291 e. The number of aromatic nitrogens is 4. The highest BCUT2D eigenvalue weighted by molar-refractivity contribution is 5.76. The summed E-state index contributed by atoms with van der Waals surface area (Å²) in [5.41, 5.74) is 1.11. The monoisotopic (exact) mass is 367 g/mol. The molecule has 8 heteroatoms. The number of hydrogen-bond donors (Lipinski definition) is 0. The predicted molar refractivity (Wildman–Crippen MR) is 98.1 cm³/mol. The molecule has 1 aliphatic rings. The predicted octanol–water partition coefficient (Wildman–Crippen LogP) is 1.10. The quantitative estimate of drug-likeness (QED) is 0.674. The minimum absolute atomic E-state index is 0.0255. The Balaban J connectivity index is 1.38. The van der Waals surface area contributed by atoms with E-state index in [1.807, 2.05) is 18.2 Å². The van der Waals surface area contributed by atoms with Crippen molar-refractivity contribution >= 4 is 11.4 Å². The maximum Gasteiger partial charge on any atom is 0.291 e. The number of carbonyl (C=O) groups excluding carboxylic acids is 1. The highest BCUT2D eigenvalue weighted by Crippen LogP contribution is 2.15. The molecule has 0 spiro atoms. The zero-order valence-corrected chi connectivity index (χ0v) is 14.9. The van der Waals surface area contributed by atoms with Crippen molar-refractivity contribution in [3.8, 4) is 0 Å². The van der Waals surface area contributed by atoms with Crippen LogP contribution in [0.4, 0.5) is 0 Å². The van der Waals surface area contributed by atoms with Gasteiger partial charge in [-0.25, -0.2) is 4.68 Å². The van der Waals surface area contributed by atoms with Gasteiger partial charge in [0.1, 0.15) is 18.4 Å². The molecule has 0 radical (unpaired) electrons. The van der Waals surface area contributed by atoms with Gasteiger partial charge in [0.15, 0.2) is 0 Å². The number of rotatable bonds is 5. The third kappa shape index (κ3) is 3.90. The average molecular weight is 367 g/mol. The Labute approximate surface area is 156 Å². The molecule has 27 heavy (non-hydrogen) atoms. The van der Waals surface area contributed by atoms with Crippen LogP contribution in [0.5, 0.6) is 0 Å². The summed E-state index contributed by atoms with van der Waals surface area (Å²) < 4.78 is 8.79. The fourth-order valence-corrected chi connectivity index (χ4v) is 3.31. The number of fused-ring (bicyclic) bond motifs is 1. The van der Waals surface area contributed by atoms with Crippen molar-refractivity contribution in [2.75, 3.05) is 13.1 Å². The summed E-state index contributed by atoms with van der Waals surface area (Å²) in [6, 6.07) is 9.20. The Morgan fingerprint density at radius 3 is 3.04 bits per heavy atom. The number of hydrogen-bond acceptors (Lipinski definition) is 5. The van der Waals surface area contributed by atoms with Crippen molar-refractivity contribution in [2.24, 2.45) is 0 Å².